The predicted octanol–water partition coefficient (Wildman–Crippen LogP) is 6.58. The van der Waals surface area contributed by atoms with Gasteiger partial charge in [-0.05, 0) is 57.8 Å². The van der Waals surface area contributed by atoms with Crippen molar-refractivity contribution in [3.8, 4) is 11.5 Å². The molecule has 1 aliphatic rings. The number of esters is 1. The minimum atomic E-state index is -0.967. The van der Waals surface area contributed by atoms with E-state index in [1.807, 2.05) is 43.3 Å². The Labute approximate surface area is 240 Å². The maximum Gasteiger partial charge on any atom is 0.333 e. The van der Waals surface area contributed by atoms with Gasteiger partial charge in [-0.2, -0.15) is 0 Å². The van der Waals surface area contributed by atoms with Gasteiger partial charge in [-0.15, -0.1) is 0 Å². The van der Waals surface area contributed by atoms with Crippen LogP contribution in [0.2, 0.25) is 0 Å². The Hall–Kier alpha value is -3.14. The third-order valence-corrected chi connectivity index (χ3v) is 7.65. The van der Waals surface area contributed by atoms with Crippen molar-refractivity contribution in [1.82, 2.24) is 4.90 Å². The summed E-state index contributed by atoms with van der Waals surface area (Å²) in [5, 5.41) is 0. The third kappa shape index (κ3) is 6.46. The highest BCUT2D eigenvalue weighted by atomic mass is 79.9. The van der Waals surface area contributed by atoms with Gasteiger partial charge in [-0.25, -0.2) is 4.79 Å². The monoisotopic (exact) mass is 611 g/mol. The number of thiocarbonyl (C=S) groups is 1. The Morgan fingerprint density at radius 1 is 1.08 bits per heavy atom. The highest BCUT2D eigenvalue weighted by Crippen LogP contribution is 2.41. The lowest BCUT2D eigenvalue weighted by Crippen LogP contribution is -2.37. The number of benzene rings is 3. The molecule has 1 amide bonds. The molecule has 6 nitrogen and oxygen atoms in total. The van der Waals surface area contributed by atoms with E-state index in [2.05, 4.69) is 28.1 Å². The molecule has 3 aromatic carbocycles. The van der Waals surface area contributed by atoms with Crippen molar-refractivity contribution in [3.63, 3.8) is 0 Å². The lowest BCUT2D eigenvalue weighted by atomic mass is 10.1. The van der Waals surface area contributed by atoms with Gasteiger partial charge in [-0.1, -0.05) is 84.6 Å². The van der Waals surface area contributed by atoms with Crippen LogP contribution in [0.4, 0.5) is 0 Å². The fourth-order valence-electron chi connectivity index (χ4n) is 3.98. The first-order valence-corrected chi connectivity index (χ1v) is 14.0. The maximum atomic E-state index is 13.5. The minimum Gasteiger partial charge on any atom is -0.490 e. The first kappa shape index (κ1) is 27.9. The normalized spacial score (nSPS) is 15.0. The summed E-state index contributed by atoms with van der Waals surface area (Å²) in [4.78, 5) is 27.9. The minimum absolute atomic E-state index is 0.283. The van der Waals surface area contributed by atoms with Crippen LogP contribution in [0.25, 0.3) is 6.08 Å². The lowest BCUT2D eigenvalue weighted by molar-refractivity contribution is -0.148. The van der Waals surface area contributed by atoms with Crippen LogP contribution in [0.15, 0.2) is 82.2 Å². The molecule has 38 heavy (non-hydrogen) atoms. The van der Waals surface area contributed by atoms with E-state index in [-0.39, 0.29) is 10.2 Å². The molecule has 0 spiro atoms. The van der Waals surface area contributed by atoms with E-state index in [0.717, 1.165) is 23.7 Å². The molecule has 1 saturated heterocycles. The van der Waals surface area contributed by atoms with Crippen LogP contribution < -0.4 is 9.47 Å². The van der Waals surface area contributed by atoms with E-state index in [1.165, 1.54) is 17.6 Å². The topological polar surface area (TPSA) is 65.1 Å². The van der Waals surface area contributed by atoms with Gasteiger partial charge in [0.25, 0.3) is 5.91 Å². The molecular formula is C29H26BrNO5S2. The van der Waals surface area contributed by atoms with E-state index < -0.39 is 12.0 Å². The van der Waals surface area contributed by atoms with Gasteiger partial charge in [0.15, 0.2) is 17.5 Å². The summed E-state index contributed by atoms with van der Waals surface area (Å²) in [6.07, 6.45) is 2.49. The molecule has 9 heteroatoms. The number of halogens is 1. The van der Waals surface area contributed by atoms with Crippen LogP contribution >= 0.6 is 39.9 Å². The molecule has 4 rings (SSSR count). The SMILES string of the molecule is CCOc1cc(/C=C2\SC(=S)N(C(C(=O)OC)c3ccccc3)C2=O)cc(Br)c1OCCc1ccccc1. The molecule has 1 atom stereocenters. The summed E-state index contributed by atoms with van der Waals surface area (Å²) in [6, 6.07) is 21.8. The molecule has 0 saturated carbocycles. The quantitative estimate of drug-likeness (QED) is 0.146. The average molecular weight is 613 g/mol. The Kier molecular flexibility index (Phi) is 9.60. The predicted molar refractivity (Wildman–Crippen MR) is 157 cm³/mol. The van der Waals surface area contributed by atoms with E-state index >= 15 is 0 Å². The lowest BCUT2D eigenvalue weighted by Gasteiger charge is -2.24. The van der Waals surface area contributed by atoms with Crippen molar-refractivity contribution < 1.29 is 23.8 Å². The van der Waals surface area contributed by atoms with Crippen LogP contribution in [0.1, 0.15) is 29.7 Å². The molecular weight excluding hydrogens is 586 g/mol. The Balaban J connectivity index is 1.58. The smallest absolute Gasteiger partial charge is 0.333 e. The Morgan fingerprint density at radius 2 is 1.76 bits per heavy atom. The molecule has 1 fully saturated rings. The summed E-state index contributed by atoms with van der Waals surface area (Å²) in [7, 11) is 1.29. The van der Waals surface area contributed by atoms with Gasteiger partial charge in [-0.3, -0.25) is 9.69 Å². The standard InChI is InChI=1S/C29H26BrNO5S2/c1-3-35-23-17-20(16-22(30)26(23)36-15-14-19-10-6-4-7-11-19)18-24-27(32)31(29(37)38-24)25(28(33)34-2)21-12-8-5-9-13-21/h4-13,16-18,25H,3,14-15H2,1-2H3/b24-18-. The zero-order valence-corrected chi connectivity index (χ0v) is 24.1. The number of rotatable bonds is 10. The molecule has 0 N–H and O–H groups in total. The van der Waals surface area contributed by atoms with Crippen LogP contribution in [-0.2, 0) is 20.7 Å². The van der Waals surface area contributed by atoms with Crippen LogP contribution in [0.3, 0.4) is 0 Å². The third-order valence-electron chi connectivity index (χ3n) is 5.73. The van der Waals surface area contributed by atoms with Crippen LogP contribution in [-0.4, -0.2) is 41.4 Å². The molecule has 3 aromatic rings. The van der Waals surface area contributed by atoms with Crippen molar-refractivity contribution >= 4 is 62.2 Å². The van der Waals surface area contributed by atoms with Crippen LogP contribution in [0.5, 0.6) is 11.5 Å². The van der Waals surface area contributed by atoms with Gasteiger partial charge < -0.3 is 14.2 Å². The summed E-state index contributed by atoms with van der Waals surface area (Å²) >= 11 is 10.3. The van der Waals surface area contributed by atoms with Gasteiger partial charge in [0, 0.05) is 6.42 Å². The van der Waals surface area contributed by atoms with Gasteiger partial charge in [0.1, 0.15) is 4.32 Å². The molecule has 0 aromatic heterocycles. The number of methoxy groups -OCH3 is 1. The second-order valence-corrected chi connectivity index (χ2v) is 10.8. The molecule has 0 aliphatic carbocycles. The van der Waals surface area contributed by atoms with Gasteiger partial charge in [0.2, 0.25) is 0 Å². The largest absolute Gasteiger partial charge is 0.490 e. The zero-order valence-electron chi connectivity index (χ0n) is 20.9. The van der Waals surface area contributed by atoms with Crippen molar-refractivity contribution in [1.29, 1.82) is 0 Å². The van der Waals surface area contributed by atoms with E-state index in [1.54, 1.807) is 30.3 Å². The molecule has 1 unspecified atom stereocenters. The molecule has 1 aliphatic heterocycles. The second-order valence-electron chi connectivity index (χ2n) is 8.24. The second kappa shape index (κ2) is 13.1. The van der Waals surface area contributed by atoms with E-state index in [4.69, 9.17) is 26.4 Å². The molecule has 0 bridgehead atoms. The number of amides is 1. The van der Waals surface area contributed by atoms with Gasteiger partial charge >= 0.3 is 5.97 Å². The summed E-state index contributed by atoms with van der Waals surface area (Å²) in [5.41, 5.74) is 2.53. The number of carbonyl (C=O) groups is 2. The van der Waals surface area contributed by atoms with Gasteiger partial charge in [0.05, 0.1) is 29.7 Å². The highest BCUT2D eigenvalue weighted by Gasteiger charge is 2.41. The van der Waals surface area contributed by atoms with Crippen molar-refractivity contribution in [2.45, 2.75) is 19.4 Å². The van der Waals surface area contributed by atoms with Crippen LogP contribution in [0, 0.1) is 0 Å². The van der Waals surface area contributed by atoms with Crippen molar-refractivity contribution in [2.24, 2.45) is 0 Å². The fourth-order valence-corrected chi connectivity index (χ4v) is 5.87. The molecule has 1 heterocycles. The highest BCUT2D eigenvalue weighted by molar-refractivity contribution is 9.10. The summed E-state index contributed by atoms with van der Waals surface area (Å²) < 4.78 is 17.9. The maximum absolute atomic E-state index is 13.5. The summed E-state index contributed by atoms with van der Waals surface area (Å²) in [5.74, 6) is 0.236. The number of hydrogen-bond acceptors (Lipinski definition) is 7. The first-order chi connectivity index (χ1) is 18.4. The first-order valence-electron chi connectivity index (χ1n) is 12.0. The molecule has 0 radical (unpaired) electrons. The van der Waals surface area contributed by atoms with E-state index in [0.29, 0.717) is 39.7 Å². The molecule has 196 valence electrons. The average Bonchev–Trinajstić information content (AvgIpc) is 3.19. The zero-order chi connectivity index (χ0) is 27.1. The number of thioether (sulfide) groups is 1. The number of carbonyl (C=O) groups excluding carboxylic acids is 2. The van der Waals surface area contributed by atoms with E-state index in [9.17, 15) is 9.59 Å². The number of ether oxygens (including phenoxy) is 3. The summed E-state index contributed by atoms with van der Waals surface area (Å²) in [6.45, 7) is 2.83. The Bertz CT molecular complexity index is 1350. The Morgan fingerprint density at radius 3 is 2.42 bits per heavy atom. The number of hydrogen-bond donors (Lipinski definition) is 0. The fraction of sp³-hybridized carbons (Fsp3) is 0.207. The van der Waals surface area contributed by atoms with Crippen molar-refractivity contribution in [3.05, 3.63) is 98.9 Å². The van der Waals surface area contributed by atoms with Crippen molar-refractivity contribution in [2.75, 3.05) is 20.3 Å². The number of nitrogens with zero attached hydrogens (tertiary/aromatic N) is 1.